The number of benzene rings is 2. The molecule has 0 spiro atoms. The lowest BCUT2D eigenvalue weighted by Gasteiger charge is -2.14. The third-order valence-electron chi connectivity index (χ3n) is 3.98. The molecule has 2 aromatic carbocycles. The molecule has 1 heterocycles. The van der Waals surface area contributed by atoms with Crippen LogP contribution in [0.2, 0.25) is 0 Å². The van der Waals surface area contributed by atoms with Gasteiger partial charge in [-0.25, -0.2) is 0 Å². The van der Waals surface area contributed by atoms with Crippen LogP contribution in [0.5, 0.6) is 11.5 Å². The molecule has 1 aromatic heterocycles. The van der Waals surface area contributed by atoms with Gasteiger partial charge in [0.15, 0.2) is 0 Å². The summed E-state index contributed by atoms with van der Waals surface area (Å²) in [5.74, 6) is 0.509. The highest BCUT2D eigenvalue weighted by atomic mass is 16.5. The molecular weight excluding hydrogens is 328 g/mol. The Hall–Kier alpha value is -3.34. The minimum absolute atomic E-state index is 0.0331. The molecule has 1 amide bonds. The number of hydrogen-bond donors (Lipinski definition) is 2. The summed E-state index contributed by atoms with van der Waals surface area (Å²) in [6.45, 7) is 4.23. The molecule has 0 aliphatic heterocycles. The number of pyridine rings is 1. The standard InChI is InChI=1S/C21H20N2O3/c1-14-10-17(21(25)23-18-7-3-4-8-19(18)24)11-15(2)20(14)26-13-16-6-5-9-22-12-16/h3-12,24H,13H2,1-2H3,(H,23,25). The van der Waals surface area contributed by atoms with E-state index in [9.17, 15) is 9.90 Å². The van der Waals surface area contributed by atoms with Crippen molar-refractivity contribution in [3.63, 3.8) is 0 Å². The van der Waals surface area contributed by atoms with Crippen molar-refractivity contribution >= 4 is 11.6 Å². The van der Waals surface area contributed by atoms with Crippen LogP contribution in [0, 0.1) is 13.8 Å². The van der Waals surface area contributed by atoms with Gasteiger partial charge in [-0.2, -0.15) is 0 Å². The summed E-state index contributed by atoms with van der Waals surface area (Å²) in [6.07, 6.45) is 3.48. The fourth-order valence-corrected chi connectivity index (χ4v) is 2.72. The first-order valence-electron chi connectivity index (χ1n) is 8.27. The fourth-order valence-electron chi connectivity index (χ4n) is 2.72. The Morgan fingerprint density at radius 1 is 1.12 bits per heavy atom. The number of ether oxygens (including phenoxy) is 1. The summed E-state index contributed by atoms with van der Waals surface area (Å²) in [5, 5.41) is 12.5. The van der Waals surface area contributed by atoms with Crippen LogP contribution in [-0.4, -0.2) is 16.0 Å². The number of anilines is 1. The van der Waals surface area contributed by atoms with Crippen LogP contribution in [0.15, 0.2) is 60.9 Å². The summed E-state index contributed by atoms with van der Waals surface area (Å²) < 4.78 is 5.91. The summed E-state index contributed by atoms with van der Waals surface area (Å²) in [4.78, 5) is 16.6. The van der Waals surface area contributed by atoms with E-state index in [2.05, 4.69) is 10.3 Å². The first kappa shape index (κ1) is 17.5. The molecule has 3 rings (SSSR count). The fraction of sp³-hybridized carbons (Fsp3) is 0.143. The minimum Gasteiger partial charge on any atom is -0.506 e. The lowest BCUT2D eigenvalue weighted by atomic mass is 10.0. The number of nitrogens with zero attached hydrogens (tertiary/aromatic N) is 1. The molecule has 0 radical (unpaired) electrons. The normalized spacial score (nSPS) is 10.4. The third kappa shape index (κ3) is 4.00. The number of carbonyl (C=O) groups excluding carboxylic acids is 1. The van der Waals surface area contributed by atoms with Crippen LogP contribution in [0.25, 0.3) is 0 Å². The van der Waals surface area contributed by atoms with Crippen molar-refractivity contribution in [1.29, 1.82) is 0 Å². The van der Waals surface area contributed by atoms with Gasteiger partial charge in [-0.3, -0.25) is 9.78 Å². The van der Waals surface area contributed by atoms with E-state index in [1.165, 1.54) is 6.07 Å². The predicted molar refractivity (Wildman–Crippen MR) is 101 cm³/mol. The monoisotopic (exact) mass is 348 g/mol. The maximum absolute atomic E-state index is 12.5. The quantitative estimate of drug-likeness (QED) is 0.677. The third-order valence-corrected chi connectivity index (χ3v) is 3.98. The van der Waals surface area contributed by atoms with E-state index >= 15 is 0 Å². The second-order valence-corrected chi connectivity index (χ2v) is 6.06. The summed E-state index contributed by atoms with van der Waals surface area (Å²) in [6, 6.07) is 14.0. The van der Waals surface area contributed by atoms with Gasteiger partial charge in [0.2, 0.25) is 0 Å². The Morgan fingerprint density at radius 3 is 2.50 bits per heavy atom. The lowest BCUT2D eigenvalue weighted by Crippen LogP contribution is -2.13. The number of aromatic hydroxyl groups is 1. The average molecular weight is 348 g/mol. The summed E-state index contributed by atoms with van der Waals surface area (Å²) in [5.41, 5.74) is 3.61. The van der Waals surface area contributed by atoms with E-state index < -0.39 is 0 Å². The summed E-state index contributed by atoms with van der Waals surface area (Å²) >= 11 is 0. The summed E-state index contributed by atoms with van der Waals surface area (Å²) in [7, 11) is 0. The number of carbonyl (C=O) groups is 1. The second-order valence-electron chi connectivity index (χ2n) is 6.06. The van der Waals surface area contributed by atoms with Crippen LogP contribution >= 0.6 is 0 Å². The van der Waals surface area contributed by atoms with Gasteiger partial charge in [0.05, 0.1) is 5.69 Å². The van der Waals surface area contributed by atoms with Gasteiger partial charge >= 0.3 is 0 Å². The largest absolute Gasteiger partial charge is 0.506 e. The molecule has 0 saturated heterocycles. The highest BCUT2D eigenvalue weighted by Crippen LogP contribution is 2.27. The Balaban J connectivity index is 1.76. The highest BCUT2D eigenvalue weighted by molar-refractivity contribution is 6.05. The highest BCUT2D eigenvalue weighted by Gasteiger charge is 2.13. The number of phenolic OH excluding ortho intramolecular Hbond substituents is 1. The van der Waals surface area contributed by atoms with Gasteiger partial charge in [0.1, 0.15) is 18.1 Å². The molecule has 5 heteroatoms. The van der Waals surface area contributed by atoms with Crippen molar-refractivity contribution in [1.82, 2.24) is 4.98 Å². The van der Waals surface area contributed by atoms with E-state index in [1.807, 2.05) is 26.0 Å². The van der Waals surface area contributed by atoms with Gasteiger partial charge in [0.25, 0.3) is 5.91 Å². The zero-order valence-electron chi connectivity index (χ0n) is 14.7. The van der Waals surface area contributed by atoms with Gasteiger partial charge in [-0.1, -0.05) is 18.2 Å². The molecule has 3 aromatic rings. The maximum Gasteiger partial charge on any atom is 0.255 e. The number of nitrogens with one attached hydrogen (secondary N) is 1. The lowest BCUT2D eigenvalue weighted by molar-refractivity contribution is 0.102. The van der Waals surface area contributed by atoms with Crippen LogP contribution in [0.1, 0.15) is 27.0 Å². The zero-order chi connectivity index (χ0) is 18.5. The maximum atomic E-state index is 12.5. The molecule has 132 valence electrons. The zero-order valence-corrected chi connectivity index (χ0v) is 14.7. The molecule has 0 bridgehead atoms. The van der Waals surface area contributed by atoms with E-state index in [4.69, 9.17) is 4.74 Å². The van der Waals surface area contributed by atoms with Crippen molar-refractivity contribution in [2.75, 3.05) is 5.32 Å². The molecule has 0 atom stereocenters. The van der Waals surface area contributed by atoms with E-state index in [0.29, 0.717) is 17.9 Å². The van der Waals surface area contributed by atoms with Gasteiger partial charge < -0.3 is 15.2 Å². The van der Waals surface area contributed by atoms with Crippen LogP contribution in [0.3, 0.4) is 0 Å². The molecule has 0 saturated carbocycles. The number of rotatable bonds is 5. The molecule has 2 N–H and O–H groups in total. The Kier molecular flexibility index (Phi) is 5.17. The van der Waals surface area contributed by atoms with Crippen LogP contribution in [0.4, 0.5) is 5.69 Å². The SMILES string of the molecule is Cc1cc(C(=O)Nc2ccccc2O)cc(C)c1OCc1cccnc1. The van der Waals surface area contributed by atoms with Gasteiger partial charge in [-0.05, 0) is 55.3 Å². The van der Waals surface area contributed by atoms with Gasteiger partial charge in [-0.15, -0.1) is 0 Å². The smallest absolute Gasteiger partial charge is 0.255 e. The molecular formula is C21H20N2O3. The second kappa shape index (κ2) is 7.70. The molecule has 0 aliphatic rings. The van der Waals surface area contributed by atoms with E-state index in [0.717, 1.165) is 22.4 Å². The minimum atomic E-state index is -0.281. The first-order chi connectivity index (χ1) is 12.5. The predicted octanol–water partition coefficient (Wildman–Crippen LogP) is 4.24. The number of hydrogen-bond acceptors (Lipinski definition) is 4. The van der Waals surface area contributed by atoms with Crippen LogP contribution in [-0.2, 0) is 6.61 Å². The Labute approximate surface area is 152 Å². The first-order valence-corrected chi connectivity index (χ1v) is 8.27. The van der Waals surface area contributed by atoms with Crippen molar-refractivity contribution in [2.24, 2.45) is 0 Å². The molecule has 5 nitrogen and oxygen atoms in total. The van der Waals surface area contributed by atoms with Crippen molar-refractivity contribution in [2.45, 2.75) is 20.5 Å². The Morgan fingerprint density at radius 2 is 1.85 bits per heavy atom. The van der Waals surface area contributed by atoms with Crippen molar-refractivity contribution in [3.8, 4) is 11.5 Å². The molecule has 0 unspecified atom stereocenters. The van der Waals surface area contributed by atoms with Crippen LogP contribution < -0.4 is 10.1 Å². The molecule has 0 fully saturated rings. The van der Waals surface area contributed by atoms with Crippen molar-refractivity contribution < 1.29 is 14.6 Å². The number of amides is 1. The number of para-hydroxylation sites is 2. The van der Waals surface area contributed by atoms with Crippen molar-refractivity contribution in [3.05, 3.63) is 83.2 Å². The molecule has 0 aliphatic carbocycles. The number of aromatic nitrogens is 1. The van der Waals surface area contributed by atoms with E-state index in [1.54, 1.807) is 42.7 Å². The number of phenols is 1. The van der Waals surface area contributed by atoms with E-state index in [-0.39, 0.29) is 11.7 Å². The topological polar surface area (TPSA) is 71.5 Å². The number of aryl methyl sites for hydroxylation is 2. The van der Waals surface area contributed by atoms with Gasteiger partial charge in [0, 0.05) is 23.5 Å². The molecule has 26 heavy (non-hydrogen) atoms. The Bertz CT molecular complexity index is 901. The average Bonchev–Trinajstić information content (AvgIpc) is 2.63.